The Morgan fingerprint density at radius 3 is 2.50 bits per heavy atom. The fraction of sp³-hybridized carbons (Fsp3) is 0.706. The molecule has 3 heteroatoms. The average Bonchev–Trinajstić information content (AvgIpc) is 2.44. The number of hydrogen-bond acceptors (Lipinski definition) is 3. The molecule has 20 heavy (non-hydrogen) atoms. The van der Waals surface area contributed by atoms with E-state index in [1.807, 2.05) is 12.3 Å². The second kappa shape index (κ2) is 6.68. The Labute approximate surface area is 123 Å². The lowest BCUT2D eigenvalue weighted by molar-refractivity contribution is 0.0162. The molecule has 1 aromatic heterocycles. The monoisotopic (exact) mass is 275 g/mol. The van der Waals surface area contributed by atoms with Crippen LogP contribution in [0, 0.1) is 11.8 Å². The Morgan fingerprint density at radius 1 is 1.30 bits per heavy atom. The third-order valence-corrected chi connectivity index (χ3v) is 4.77. The summed E-state index contributed by atoms with van der Waals surface area (Å²) in [4.78, 5) is 7.04. The van der Waals surface area contributed by atoms with Gasteiger partial charge in [0.2, 0.25) is 0 Å². The summed E-state index contributed by atoms with van der Waals surface area (Å²) in [5.41, 5.74) is 7.53. The van der Waals surface area contributed by atoms with Gasteiger partial charge in [-0.2, -0.15) is 0 Å². The number of aromatic nitrogens is 1. The molecule has 0 bridgehead atoms. The van der Waals surface area contributed by atoms with Crippen LogP contribution in [0.4, 0.5) is 0 Å². The first-order valence-electron chi connectivity index (χ1n) is 7.94. The quantitative estimate of drug-likeness (QED) is 0.898. The van der Waals surface area contributed by atoms with Crippen molar-refractivity contribution in [1.29, 1.82) is 0 Å². The van der Waals surface area contributed by atoms with E-state index in [0.29, 0.717) is 0 Å². The van der Waals surface area contributed by atoms with E-state index in [0.717, 1.165) is 37.2 Å². The highest BCUT2D eigenvalue weighted by molar-refractivity contribution is 5.06. The third kappa shape index (κ3) is 3.39. The molecule has 0 aromatic carbocycles. The predicted molar refractivity (Wildman–Crippen MR) is 84.3 cm³/mol. The van der Waals surface area contributed by atoms with Gasteiger partial charge in [0, 0.05) is 24.8 Å². The van der Waals surface area contributed by atoms with Crippen LogP contribution in [0.15, 0.2) is 24.4 Å². The summed E-state index contributed by atoms with van der Waals surface area (Å²) in [6.45, 7) is 9.68. The molecular formula is C17H29N3. The maximum Gasteiger partial charge on any atom is 0.0544 e. The van der Waals surface area contributed by atoms with Gasteiger partial charge < -0.3 is 5.73 Å². The molecule has 0 saturated heterocycles. The van der Waals surface area contributed by atoms with Gasteiger partial charge in [-0.3, -0.25) is 9.88 Å². The Bertz CT molecular complexity index is 394. The van der Waals surface area contributed by atoms with E-state index in [1.54, 1.807) is 0 Å². The van der Waals surface area contributed by atoms with Crippen molar-refractivity contribution in [3.8, 4) is 0 Å². The maximum atomic E-state index is 6.23. The van der Waals surface area contributed by atoms with E-state index in [4.69, 9.17) is 5.73 Å². The summed E-state index contributed by atoms with van der Waals surface area (Å²) >= 11 is 0. The molecule has 1 aliphatic carbocycles. The van der Waals surface area contributed by atoms with Crippen LogP contribution in [-0.4, -0.2) is 28.5 Å². The molecule has 2 unspecified atom stereocenters. The smallest absolute Gasteiger partial charge is 0.0544 e. The summed E-state index contributed by atoms with van der Waals surface area (Å²) in [6.07, 6.45) is 5.65. The molecule has 3 nitrogen and oxygen atoms in total. The third-order valence-electron chi connectivity index (χ3n) is 4.77. The summed E-state index contributed by atoms with van der Waals surface area (Å²) in [7, 11) is 0. The van der Waals surface area contributed by atoms with Crippen molar-refractivity contribution in [3.63, 3.8) is 0 Å². The zero-order chi connectivity index (χ0) is 14.6. The number of likely N-dealkylation sites (N-methyl/N-ethyl adjacent to an activating group) is 1. The average molecular weight is 275 g/mol. The fourth-order valence-corrected chi connectivity index (χ4v) is 4.09. The Hall–Kier alpha value is -0.930. The van der Waals surface area contributed by atoms with Gasteiger partial charge in [0.1, 0.15) is 0 Å². The highest BCUT2D eigenvalue weighted by atomic mass is 15.2. The minimum atomic E-state index is 0.156. The van der Waals surface area contributed by atoms with Crippen LogP contribution in [0.3, 0.4) is 0 Å². The Morgan fingerprint density at radius 2 is 2.00 bits per heavy atom. The lowest BCUT2D eigenvalue weighted by Gasteiger charge is -2.49. The molecule has 1 aromatic rings. The minimum Gasteiger partial charge on any atom is -0.329 e. The zero-order valence-electron chi connectivity index (χ0n) is 13.2. The molecule has 2 N–H and O–H groups in total. The number of pyridine rings is 1. The van der Waals surface area contributed by atoms with E-state index < -0.39 is 0 Å². The van der Waals surface area contributed by atoms with Crippen LogP contribution in [-0.2, 0) is 6.54 Å². The molecule has 0 aliphatic heterocycles. The topological polar surface area (TPSA) is 42.2 Å². The van der Waals surface area contributed by atoms with Crippen molar-refractivity contribution in [3.05, 3.63) is 30.1 Å². The highest BCUT2D eigenvalue weighted by Gasteiger charge is 2.40. The van der Waals surface area contributed by atoms with Crippen molar-refractivity contribution >= 4 is 0 Å². The van der Waals surface area contributed by atoms with Crippen LogP contribution in [0.2, 0.25) is 0 Å². The van der Waals surface area contributed by atoms with Gasteiger partial charge in [0.15, 0.2) is 0 Å². The molecule has 1 aliphatic rings. The van der Waals surface area contributed by atoms with E-state index in [-0.39, 0.29) is 5.54 Å². The predicted octanol–water partition coefficient (Wildman–Crippen LogP) is 3.06. The number of nitrogens with two attached hydrogens (primary N) is 1. The van der Waals surface area contributed by atoms with E-state index in [9.17, 15) is 0 Å². The zero-order valence-corrected chi connectivity index (χ0v) is 13.2. The summed E-state index contributed by atoms with van der Waals surface area (Å²) in [5.74, 6) is 1.53. The van der Waals surface area contributed by atoms with Gasteiger partial charge in [-0.15, -0.1) is 0 Å². The molecule has 112 valence electrons. The molecular weight excluding hydrogens is 246 g/mol. The second-order valence-electron chi connectivity index (χ2n) is 6.62. The first kappa shape index (κ1) is 15.5. The van der Waals surface area contributed by atoms with Gasteiger partial charge in [-0.25, -0.2) is 0 Å². The first-order valence-corrected chi connectivity index (χ1v) is 7.94. The van der Waals surface area contributed by atoms with E-state index in [1.165, 1.54) is 19.3 Å². The van der Waals surface area contributed by atoms with Crippen molar-refractivity contribution in [2.75, 3.05) is 13.1 Å². The van der Waals surface area contributed by atoms with Gasteiger partial charge in [-0.1, -0.05) is 26.8 Å². The lowest BCUT2D eigenvalue weighted by Crippen LogP contribution is -2.57. The molecule has 1 heterocycles. The summed E-state index contributed by atoms with van der Waals surface area (Å²) in [6, 6.07) is 6.16. The number of nitrogens with zero attached hydrogens (tertiary/aromatic N) is 2. The van der Waals surface area contributed by atoms with Crippen LogP contribution < -0.4 is 5.73 Å². The van der Waals surface area contributed by atoms with Crippen LogP contribution >= 0.6 is 0 Å². The van der Waals surface area contributed by atoms with Crippen molar-refractivity contribution in [1.82, 2.24) is 9.88 Å². The van der Waals surface area contributed by atoms with Gasteiger partial charge in [0.05, 0.1) is 5.69 Å². The van der Waals surface area contributed by atoms with E-state index >= 15 is 0 Å². The van der Waals surface area contributed by atoms with Crippen molar-refractivity contribution in [2.24, 2.45) is 17.6 Å². The van der Waals surface area contributed by atoms with Crippen LogP contribution in [0.5, 0.6) is 0 Å². The Kier molecular flexibility index (Phi) is 5.17. The van der Waals surface area contributed by atoms with Crippen LogP contribution in [0.1, 0.15) is 45.7 Å². The van der Waals surface area contributed by atoms with Crippen molar-refractivity contribution < 1.29 is 0 Å². The normalized spacial score (nSPS) is 30.6. The molecule has 2 atom stereocenters. The van der Waals surface area contributed by atoms with Crippen LogP contribution in [0.25, 0.3) is 0 Å². The molecule has 1 fully saturated rings. The van der Waals surface area contributed by atoms with Crippen molar-refractivity contribution in [2.45, 2.75) is 52.1 Å². The Balaban J connectivity index is 2.18. The van der Waals surface area contributed by atoms with Gasteiger partial charge >= 0.3 is 0 Å². The summed E-state index contributed by atoms with van der Waals surface area (Å²) < 4.78 is 0. The lowest BCUT2D eigenvalue weighted by atomic mass is 9.70. The standard InChI is InChI=1S/C17H29N3/c1-4-20(12-16-7-5-6-8-19-16)17(13-18)10-14(2)9-15(3)11-17/h5-8,14-15H,4,9-13,18H2,1-3H3. The number of hydrogen-bond donors (Lipinski definition) is 1. The SMILES string of the molecule is CCN(Cc1ccccn1)C1(CN)CC(C)CC(C)C1. The first-order chi connectivity index (χ1) is 9.59. The van der Waals surface area contributed by atoms with E-state index in [2.05, 4.69) is 42.8 Å². The summed E-state index contributed by atoms with van der Waals surface area (Å²) in [5, 5.41) is 0. The number of rotatable bonds is 5. The second-order valence-corrected chi connectivity index (χ2v) is 6.62. The molecule has 2 rings (SSSR count). The van der Waals surface area contributed by atoms with Gasteiger partial charge in [-0.05, 0) is 49.8 Å². The maximum absolute atomic E-state index is 6.23. The van der Waals surface area contributed by atoms with Gasteiger partial charge in [0.25, 0.3) is 0 Å². The molecule has 1 saturated carbocycles. The fourth-order valence-electron chi connectivity index (χ4n) is 4.09. The minimum absolute atomic E-state index is 0.156. The highest BCUT2D eigenvalue weighted by Crippen LogP contribution is 2.39. The molecule has 0 radical (unpaired) electrons. The largest absolute Gasteiger partial charge is 0.329 e. The molecule has 0 spiro atoms. The molecule has 0 amide bonds.